The second kappa shape index (κ2) is 23.8. The lowest BCUT2D eigenvalue weighted by Gasteiger charge is -2.24. The van der Waals surface area contributed by atoms with Crippen molar-refractivity contribution in [2.75, 3.05) is 47.5 Å². The summed E-state index contributed by atoms with van der Waals surface area (Å²) in [6.45, 7) is -3.16. The van der Waals surface area contributed by atoms with Gasteiger partial charge in [-0.3, -0.25) is 13.8 Å². The highest BCUT2D eigenvalue weighted by atomic mass is 31.2. The number of nitrogens with zero attached hydrogens (tertiary/aromatic N) is 1. The molecule has 222 valence electrons. The molecule has 0 saturated carbocycles. The summed E-state index contributed by atoms with van der Waals surface area (Å²) in [6.07, 6.45) is 23.2. The summed E-state index contributed by atoms with van der Waals surface area (Å²) in [5, 5.41) is 9.39. The Kier molecular flexibility index (Phi) is 17.4. The first-order valence-corrected chi connectivity index (χ1v) is 14.6. The highest BCUT2D eigenvalue weighted by molar-refractivity contribution is 7.47. The number of carbonyl (C=O) groups is 1. The molecule has 0 aliphatic rings. The molecule has 2 N–H and O–H groups in total. The Bertz CT molecular complexity index is 1030. The zero-order valence-electron chi connectivity index (χ0n) is 28.6. The molecule has 0 rings (SSSR count). The number of hydrogen-bond acceptors (Lipinski definition) is 6. The van der Waals surface area contributed by atoms with Crippen LogP contribution in [-0.2, 0) is 23.1 Å². The standard InChI is InChI=1S/C30H50NO7P/c1-5-6-7-8-9-10-11-12-13-14-15-16-17-18-19-20-21-22-23-24-30(33)38-29(27-32)28-37-39(34,35)36-26-25-31(2,3)4/h6-7,9-10,12-13,15-16,18-19,21-22,29,32H,5,8,11,14,17,20,23-28H2,1-4H3/p+1/b7-6-,10-9-,13-12-,16-15-,19-18-,22-21-/t29-/m1/s1/i1D3,5D2. The van der Waals surface area contributed by atoms with Gasteiger partial charge in [-0.15, -0.1) is 0 Å². The number of phosphoric ester groups is 1. The molecule has 0 aromatic heterocycles. The van der Waals surface area contributed by atoms with E-state index in [0.717, 1.165) is 31.8 Å². The van der Waals surface area contributed by atoms with Crippen molar-refractivity contribution in [2.45, 2.75) is 64.3 Å². The van der Waals surface area contributed by atoms with Crippen LogP contribution < -0.4 is 0 Å². The van der Waals surface area contributed by atoms with Crippen molar-refractivity contribution < 1.29 is 44.5 Å². The topological polar surface area (TPSA) is 102 Å². The van der Waals surface area contributed by atoms with Crippen molar-refractivity contribution in [3.05, 3.63) is 72.9 Å². The lowest BCUT2D eigenvalue weighted by Crippen LogP contribution is -2.37. The van der Waals surface area contributed by atoms with E-state index in [4.69, 9.17) is 20.6 Å². The number of likely N-dealkylation sites (N-methyl/N-ethyl adjacent to an activating group) is 1. The van der Waals surface area contributed by atoms with Gasteiger partial charge < -0.3 is 19.2 Å². The van der Waals surface area contributed by atoms with Gasteiger partial charge in [-0.25, -0.2) is 4.57 Å². The number of rotatable bonds is 23. The molecule has 0 radical (unpaired) electrons. The Morgan fingerprint density at radius 3 is 1.82 bits per heavy atom. The fourth-order valence-corrected chi connectivity index (χ4v) is 3.46. The van der Waals surface area contributed by atoms with Crippen molar-refractivity contribution in [1.29, 1.82) is 0 Å². The lowest BCUT2D eigenvalue weighted by molar-refractivity contribution is -0.870. The van der Waals surface area contributed by atoms with Crippen LogP contribution in [-0.4, -0.2) is 74.1 Å². The second-order valence-electron chi connectivity index (χ2n) is 9.53. The molecule has 8 nitrogen and oxygen atoms in total. The van der Waals surface area contributed by atoms with E-state index < -0.39 is 46.3 Å². The molecular weight excluding hydrogens is 517 g/mol. The number of phosphoric acid groups is 1. The zero-order chi connectivity index (χ0) is 33.5. The first kappa shape index (κ1) is 28.5. The van der Waals surface area contributed by atoms with Gasteiger partial charge in [0.05, 0.1) is 34.4 Å². The van der Waals surface area contributed by atoms with Gasteiger partial charge >= 0.3 is 13.8 Å². The van der Waals surface area contributed by atoms with Crippen molar-refractivity contribution in [3.8, 4) is 0 Å². The number of aliphatic hydroxyl groups excluding tert-OH is 1. The maximum Gasteiger partial charge on any atom is 0.472 e. The predicted molar refractivity (Wildman–Crippen MR) is 159 cm³/mol. The van der Waals surface area contributed by atoms with Gasteiger partial charge in [0.25, 0.3) is 0 Å². The van der Waals surface area contributed by atoms with Crippen LogP contribution in [0.4, 0.5) is 0 Å². The molecule has 0 spiro atoms. The Labute approximate surface area is 243 Å². The normalized spacial score (nSPS) is 18.1. The third kappa shape index (κ3) is 27.3. The first-order chi connectivity index (χ1) is 20.5. The van der Waals surface area contributed by atoms with Crippen molar-refractivity contribution in [2.24, 2.45) is 0 Å². The smallest absolute Gasteiger partial charge is 0.457 e. The predicted octanol–water partition coefficient (Wildman–Crippen LogP) is 6.21. The molecule has 9 heteroatoms. The molecular formula is C30H51NO7P+. The molecule has 2 atom stereocenters. The third-order valence-electron chi connectivity index (χ3n) is 4.85. The van der Waals surface area contributed by atoms with Gasteiger partial charge in [0.2, 0.25) is 0 Å². The van der Waals surface area contributed by atoms with E-state index in [-0.39, 0.29) is 13.0 Å². The molecule has 0 aromatic rings. The van der Waals surface area contributed by atoms with Crippen LogP contribution in [0.15, 0.2) is 72.9 Å². The van der Waals surface area contributed by atoms with Gasteiger partial charge in [-0.1, -0.05) is 79.8 Å². The largest absolute Gasteiger partial charge is 0.472 e. The number of carbonyl (C=O) groups excluding carboxylic acids is 1. The number of hydrogen-bond donors (Lipinski definition) is 2. The molecule has 0 aliphatic carbocycles. The number of aliphatic hydroxyl groups is 1. The van der Waals surface area contributed by atoms with Gasteiger partial charge in [-0.05, 0) is 44.9 Å². The van der Waals surface area contributed by atoms with E-state index in [1.54, 1.807) is 0 Å². The fraction of sp³-hybridized carbons (Fsp3) is 0.567. The average Bonchev–Trinajstić information content (AvgIpc) is 2.90. The molecule has 0 heterocycles. The second-order valence-corrected chi connectivity index (χ2v) is 11.0. The van der Waals surface area contributed by atoms with Gasteiger partial charge in [0.15, 0.2) is 0 Å². The van der Waals surface area contributed by atoms with Crippen LogP contribution in [0.1, 0.15) is 65.0 Å². The van der Waals surface area contributed by atoms with Crippen LogP contribution in [0, 0.1) is 0 Å². The summed E-state index contributed by atoms with van der Waals surface area (Å²) < 4.78 is 63.7. The third-order valence-corrected chi connectivity index (χ3v) is 5.84. The van der Waals surface area contributed by atoms with Gasteiger partial charge in [-0.2, -0.15) is 0 Å². The Balaban J connectivity index is 4.01. The molecule has 0 aromatic carbocycles. The van der Waals surface area contributed by atoms with Crippen LogP contribution in [0.3, 0.4) is 0 Å². The van der Waals surface area contributed by atoms with Crippen molar-refractivity contribution >= 4 is 13.8 Å². The number of esters is 1. The lowest BCUT2D eigenvalue weighted by atomic mass is 10.2. The highest BCUT2D eigenvalue weighted by Crippen LogP contribution is 2.43. The fourth-order valence-electron chi connectivity index (χ4n) is 2.72. The van der Waals surface area contributed by atoms with E-state index in [0.29, 0.717) is 23.9 Å². The minimum atomic E-state index is -4.31. The quantitative estimate of drug-likeness (QED) is 0.0649. The SMILES string of the molecule is [2H]C([2H])([2H])C([2H])([2H])/C=C\C/C=C\C/C=C\C/C=C\C/C=C\C/C=C\CCC(=O)O[C@H](CO)COP(=O)(O)OCC[N+](C)(C)C. The molecule has 39 heavy (non-hydrogen) atoms. The summed E-state index contributed by atoms with van der Waals surface area (Å²) in [6, 6.07) is 0. The minimum Gasteiger partial charge on any atom is -0.457 e. The number of ether oxygens (including phenoxy) is 1. The summed E-state index contributed by atoms with van der Waals surface area (Å²) in [5.74, 6) is -0.548. The van der Waals surface area contributed by atoms with Crippen LogP contribution in [0.25, 0.3) is 0 Å². The maximum absolute atomic E-state index is 12.0. The average molecular weight is 574 g/mol. The molecule has 1 unspecified atom stereocenters. The summed E-state index contributed by atoms with van der Waals surface area (Å²) >= 11 is 0. The molecule has 0 amide bonds. The monoisotopic (exact) mass is 573 g/mol. The maximum atomic E-state index is 12.0. The molecule has 0 fully saturated rings. The van der Waals surface area contributed by atoms with E-state index in [1.165, 1.54) is 6.08 Å². The Hall–Kier alpha value is -2.06. The minimum absolute atomic E-state index is 0.0158. The van der Waals surface area contributed by atoms with Crippen molar-refractivity contribution in [1.82, 2.24) is 0 Å². The number of allylic oxidation sites excluding steroid dienone is 12. The van der Waals surface area contributed by atoms with Crippen LogP contribution in [0.5, 0.6) is 0 Å². The van der Waals surface area contributed by atoms with Crippen molar-refractivity contribution in [3.63, 3.8) is 0 Å². The van der Waals surface area contributed by atoms with E-state index in [9.17, 15) is 19.4 Å². The van der Waals surface area contributed by atoms with E-state index >= 15 is 0 Å². The first-order valence-electron chi connectivity index (χ1n) is 15.6. The zero-order valence-corrected chi connectivity index (χ0v) is 24.5. The summed E-state index contributed by atoms with van der Waals surface area (Å²) in [5.41, 5.74) is 0. The van der Waals surface area contributed by atoms with Crippen LogP contribution >= 0.6 is 7.82 Å². The van der Waals surface area contributed by atoms with Gasteiger partial charge in [0, 0.05) is 13.3 Å². The Morgan fingerprint density at radius 2 is 1.36 bits per heavy atom. The van der Waals surface area contributed by atoms with Gasteiger partial charge in [0.1, 0.15) is 19.3 Å². The summed E-state index contributed by atoms with van der Waals surface area (Å²) in [7, 11) is 1.42. The summed E-state index contributed by atoms with van der Waals surface area (Å²) in [4.78, 5) is 21.7. The Morgan fingerprint density at radius 1 is 0.872 bits per heavy atom. The molecule has 0 aliphatic heterocycles. The van der Waals surface area contributed by atoms with Crippen LogP contribution in [0.2, 0.25) is 0 Å². The molecule has 0 saturated heterocycles. The van der Waals surface area contributed by atoms with E-state index in [2.05, 4.69) is 12.2 Å². The highest BCUT2D eigenvalue weighted by Gasteiger charge is 2.25. The number of quaternary nitrogens is 1. The van der Waals surface area contributed by atoms with E-state index in [1.807, 2.05) is 69.8 Å². The molecule has 0 bridgehead atoms.